The lowest BCUT2D eigenvalue weighted by Gasteiger charge is -2.41. The first-order valence-corrected chi connectivity index (χ1v) is 15.5. The third kappa shape index (κ3) is 5.33. The zero-order valence-electron chi connectivity index (χ0n) is 23.4. The summed E-state index contributed by atoms with van der Waals surface area (Å²) in [5, 5.41) is 22.8. The standard InChI is InChI=1S/C36H48O2/c1-3-14-28-22-30(24-32(34(28)37)26-16-8-5-9-17-26)36(20-12-7-13-21-36)31-23-29(15-4-2)35(38)33(25-31)27-18-10-6-11-19-27/h3-4,22-27,37-38H,1-2,5-21H2. The molecule has 204 valence electrons. The molecule has 0 atom stereocenters. The lowest BCUT2D eigenvalue weighted by Crippen LogP contribution is -2.31. The third-order valence-corrected chi connectivity index (χ3v) is 10.1. The number of allylic oxidation sites excluding steroid dienone is 2. The number of phenols is 2. The molecule has 0 amide bonds. The van der Waals surface area contributed by atoms with Gasteiger partial charge in [0.25, 0.3) is 0 Å². The third-order valence-electron chi connectivity index (χ3n) is 10.1. The van der Waals surface area contributed by atoms with Crippen LogP contribution >= 0.6 is 0 Å². The first-order chi connectivity index (χ1) is 18.6. The smallest absolute Gasteiger partial charge is 0.122 e. The Morgan fingerprint density at radius 3 is 1.39 bits per heavy atom. The van der Waals surface area contributed by atoms with Crippen molar-refractivity contribution < 1.29 is 10.2 Å². The van der Waals surface area contributed by atoms with Crippen LogP contribution in [0.15, 0.2) is 49.6 Å². The molecule has 0 saturated heterocycles. The van der Waals surface area contributed by atoms with E-state index in [0.29, 0.717) is 36.2 Å². The Morgan fingerprint density at radius 2 is 1.00 bits per heavy atom. The van der Waals surface area contributed by atoms with Gasteiger partial charge in [-0.1, -0.05) is 94.2 Å². The summed E-state index contributed by atoms with van der Waals surface area (Å²) in [5.74, 6) is 1.91. The van der Waals surface area contributed by atoms with E-state index in [-0.39, 0.29) is 5.41 Å². The van der Waals surface area contributed by atoms with Crippen LogP contribution in [0, 0.1) is 0 Å². The van der Waals surface area contributed by atoms with Crippen LogP contribution in [-0.4, -0.2) is 10.2 Å². The zero-order chi connectivity index (χ0) is 26.5. The fourth-order valence-electron chi connectivity index (χ4n) is 7.96. The monoisotopic (exact) mass is 512 g/mol. The zero-order valence-corrected chi connectivity index (χ0v) is 23.4. The van der Waals surface area contributed by atoms with Gasteiger partial charge in [-0.3, -0.25) is 0 Å². The van der Waals surface area contributed by atoms with E-state index in [0.717, 1.165) is 24.0 Å². The van der Waals surface area contributed by atoms with Crippen LogP contribution < -0.4 is 0 Å². The van der Waals surface area contributed by atoms with Gasteiger partial charge in [0, 0.05) is 5.41 Å². The fraction of sp³-hybridized carbons (Fsp3) is 0.556. The van der Waals surface area contributed by atoms with E-state index in [2.05, 4.69) is 37.4 Å². The van der Waals surface area contributed by atoms with Crippen LogP contribution in [0.1, 0.15) is 142 Å². The van der Waals surface area contributed by atoms with Gasteiger partial charge < -0.3 is 10.2 Å². The number of hydrogen-bond acceptors (Lipinski definition) is 2. The van der Waals surface area contributed by atoms with Crippen LogP contribution in [0.3, 0.4) is 0 Å². The maximum Gasteiger partial charge on any atom is 0.122 e. The molecule has 2 aromatic rings. The molecule has 5 rings (SSSR count). The summed E-state index contributed by atoms with van der Waals surface area (Å²) >= 11 is 0. The van der Waals surface area contributed by atoms with E-state index in [1.54, 1.807) is 0 Å². The highest BCUT2D eigenvalue weighted by atomic mass is 16.3. The van der Waals surface area contributed by atoms with E-state index >= 15 is 0 Å². The second-order valence-electron chi connectivity index (χ2n) is 12.4. The Labute approximate surface area is 230 Å². The summed E-state index contributed by atoms with van der Waals surface area (Å²) in [6, 6.07) is 9.39. The molecule has 0 heterocycles. The van der Waals surface area contributed by atoms with Gasteiger partial charge in [0.2, 0.25) is 0 Å². The largest absolute Gasteiger partial charge is 0.507 e. The molecule has 0 radical (unpaired) electrons. The van der Waals surface area contributed by atoms with Crippen molar-refractivity contribution in [1.29, 1.82) is 0 Å². The Balaban J connectivity index is 1.69. The summed E-state index contributed by atoms with van der Waals surface area (Å²) in [5.41, 5.74) is 7.05. The van der Waals surface area contributed by atoms with Crippen LogP contribution in [0.25, 0.3) is 0 Å². The maximum atomic E-state index is 11.4. The molecule has 0 spiro atoms. The van der Waals surface area contributed by atoms with Crippen molar-refractivity contribution in [2.45, 2.75) is 126 Å². The van der Waals surface area contributed by atoms with Gasteiger partial charge in [-0.2, -0.15) is 0 Å². The predicted octanol–water partition coefficient (Wildman–Crippen LogP) is 9.90. The second kappa shape index (κ2) is 12.1. The van der Waals surface area contributed by atoms with Crippen LogP contribution in [0.5, 0.6) is 11.5 Å². The van der Waals surface area contributed by atoms with Gasteiger partial charge in [0.1, 0.15) is 11.5 Å². The van der Waals surface area contributed by atoms with Crippen molar-refractivity contribution in [2.24, 2.45) is 0 Å². The summed E-state index contributed by atoms with van der Waals surface area (Å²) < 4.78 is 0. The molecule has 0 unspecified atom stereocenters. The lowest BCUT2D eigenvalue weighted by atomic mass is 9.63. The topological polar surface area (TPSA) is 40.5 Å². The minimum atomic E-state index is -0.0850. The van der Waals surface area contributed by atoms with Crippen molar-refractivity contribution in [3.8, 4) is 11.5 Å². The van der Waals surface area contributed by atoms with Crippen molar-refractivity contribution in [2.75, 3.05) is 0 Å². The van der Waals surface area contributed by atoms with E-state index in [4.69, 9.17) is 0 Å². The Hall–Kier alpha value is -2.48. The maximum absolute atomic E-state index is 11.4. The Morgan fingerprint density at radius 1 is 0.605 bits per heavy atom. The highest BCUT2D eigenvalue weighted by Gasteiger charge is 2.38. The predicted molar refractivity (Wildman–Crippen MR) is 160 cm³/mol. The molecule has 0 bridgehead atoms. The fourth-order valence-corrected chi connectivity index (χ4v) is 7.96. The molecular formula is C36H48O2. The van der Waals surface area contributed by atoms with E-state index in [1.807, 2.05) is 12.2 Å². The molecular weight excluding hydrogens is 464 g/mol. The molecule has 3 aliphatic carbocycles. The molecule has 2 nitrogen and oxygen atoms in total. The van der Waals surface area contributed by atoms with Crippen LogP contribution in [0.4, 0.5) is 0 Å². The molecule has 38 heavy (non-hydrogen) atoms. The molecule has 0 aromatic heterocycles. The Bertz CT molecular complexity index is 1040. The molecule has 3 aliphatic rings. The average Bonchev–Trinajstić information content (AvgIpc) is 2.96. The second-order valence-corrected chi connectivity index (χ2v) is 12.4. The van der Waals surface area contributed by atoms with Gasteiger partial charge in [-0.05, 0) is 96.6 Å². The first-order valence-electron chi connectivity index (χ1n) is 15.5. The first kappa shape index (κ1) is 27.1. The van der Waals surface area contributed by atoms with Gasteiger partial charge in [-0.25, -0.2) is 0 Å². The van der Waals surface area contributed by atoms with Gasteiger partial charge >= 0.3 is 0 Å². The summed E-state index contributed by atoms with van der Waals surface area (Å²) in [6.45, 7) is 8.03. The number of benzene rings is 2. The van der Waals surface area contributed by atoms with Gasteiger partial charge in [0.15, 0.2) is 0 Å². The summed E-state index contributed by atoms with van der Waals surface area (Å²) in [7, 11) is 0. The van der Waals surface area contributed by atoms with Crippen molar-refractivity contribution in [1.82, 2.24) is 0 Å². The molecule has 3 saturated carbocycles. The summed E-state index contributed by atoms with van der Waals surface area (Å²) in [6.07, 6.45) is 23.5. The molecule has 2 N–H and O–H groups in total. The van der Waals surface area contributed by atoms with Crippen molar-refractivity contribution in [3.05, 3.63) is 83.0 Å². The SMILES string of the molecule is C=CCc1cc(C2(c3cc(CC=C)c(O)c(C4CCCCC4)c3)CCCCC2)cc(C2CCCCC2)c1O. The minimum Gasteiger partial charge on any atom is -0.507 e. The number of phenolic OH excluding ortho intramolecular Hbond substituents is 2. The van der Waals surface area contributed by atoms with Crippen LogP contribution in [0.2, 0.25) is 0 Å². The molecule has 2 aromatic carbocycles. The minimum absolute atomic E-state index is 0.0850. The number of hydrogen-bond donors (Lipinski definition) is 2. The number of rotatable bonds is 8. The highest BCUT2D eigenvalue weighted by Crippen LogP contribution is 2.51. The van der Waals surface area contributed by atoms with Crippen molar-refractivity contribution >= 4 is 0 Å². The molecule has 0 aliphatic heterocycles. The number of aromatic hydroxyl groups is 2. The normalized spacial score (nSPS) is 20.7. The summed E-state index contributed by atoms with van der Waals surface area (Å²) in [4.78, 5) is 0. The highest BCUT2D eigenvalue weighted by molar-refractivity contribution is 5.55. The quantitative estimate of drug-likeness (QED) is 0.345. The van der Waals surface area contributed by atoms with E-state index < -0.39 is 0 Å². The van der Waals surface area contributed by atoms with E-state index in [9.17, 15) is 10.2 Å². The molecule has 2 heteroatoms. The Kier molecular flexibility index (Phi) is 8.66. The molecule has 3 fully saturated rings. The van der Waals surface area contributed by atoms with Gasteiger partial charge in [0.05, 0.1) is 0 Å². The average molecular weight is 513 g/mol. The van der Waals surface area contributed by atoms with Crippen molar-refractivity contribution in [3.63, 3.8) is 0 Å². The van der Waals surface area contributed by atoms with Crippen LogP contribution in [-0.2, 0) is 18.3 Å². The lowest BCUT2D eigenvalue weighted by molar-refractivity contribution is 0.341. The van der Waals surface area contributed by atoms with Gasteiger partial charge in [-0.15, -0.1) is 13.2 Å². The van der Waals surface area contributed by atoms with E-state index in [1.165, 1.54) is 106 Å².